The minimum absolute atomic E-state index is 0.111. The molecule has 3 rings (SSSR count). The van der Waals surface area contributed by atoms with Crippen molar-refractivity contribution in [1.82, 2.24) is 9.88 Å². The average Bonchev–Trinajstić information content (AvgIpc) is 3.05. The molecule has 112 valence electrons. The molecule has 1 atom stereocenters. The summed E-state index contributed by atoms with van der Waals surface area (Å²) in [6, 6.07) is 12.0. The molecule has 2 aromatic rings. The number of pyridine rings is 1. The summed E-state index contributed by atoms with van der Waals surface area (Å²) in [6.07, 6.45) is 3.23. The van der Waals surface area contributed by atoms with Crippen molar-refractivity contribution in [2.45, 2.75) is 6.04 Å². The third-order valence-corrected chi connectivity index (χ3v) is 4.43. The first-order valence-electron chi connectivity index (χ1n) is 6.90. The van der Waals surface area contributed by atoms with Crippen molar-refractivity contribution < 1.29 is 9.59 Å². The zero-order valence-electron chi connectivity index (χ0n) is 11.8. The summed E-state index contributed by atoms with van der Waals surface area (Å²) >= 11 is 1.58. The van der Waals surface area contributed by atoms with Gasteiger partial charge in [-0.1, -0.05) is 18.2 Å². The van der Waals surface area contributed by atoms with E-state index >= 15 is 0 Å². The van der Waals surface area contributed by atoms with Crippen LogP contribution in [-0.2, 0) is 4.79 Å². The maximum absolute atomic E-state index is 12.5. The number of amides is 2. The van der Waals surface area contributed by atoms with E-state index in [1.165, 1.54) is 0 Å². The van der Waals surface area contributed by atoms with E-state index in [0.29, 0.717) is 22.9 Å². The van der Waals surface area contributed by atoms with E-state index < -0.39 is 6.04 Å². The van der Waals surface area contributed by atoms with Gasteiger partial charge in [-0.2, -0.15) is 0 Å². The summed E-state index contributed by atoms with van der Waals surface area (Å²) in [4.78, 5) is 30.5. The molecule has 0 aliphatic carbocycles. The molecule has 5 nitrogen and oxygen atoms in total. The van der Waals surface area contributed by atoms with Gasteiger partial charge in [0.25, 0.3) is 5.91 Å². The van der Waals surface area contributed by atoms with Crippen molar-refractivity contribution >= 4 is 29.3 Å². The van der Waals surface area contributed by atoms with E-state index in [1.807, 2.05) is 18.2 Å². The van der Waals surface area contributed by atoms with Gasteiger partial charge in [-0.15, -0.1) is 11.8 Å². The molecule has 1 fully saturated rings. The Kier molecular flexibility index (Phi) is 4.39. The van der Waals surface area contributed by atoms with Crippen LogP contribution in [0.4, 0.5) is 5.69 Å². The highest BCUT2D eigenvalue weighted by molar-refractivity contribution is 7.99. The van der Waals surface area contributed by atoms with E-state index in [0.717, 1.165) is 0 Å². The molecule has 0 bridgehead atoms. The monoisotopic (exact) mass is 313 g/mol. The lowest BCUT2D eigenvalue weighted by molar-refractivity contribution is -0.119. The van der Waals surface area contributed by atoms with Crippen LogP contribution in [0.1, 0.15) is 10.4 Å². The zero-order chi connectivity index (χ0) is 15.4. The standard InChI is InChI=1S/C16H15N3O2S/c20-15(18-13-6-8-17-9-7-13)14-10-22-11-19(14)16(21)12-4-2-1-3-5-12/h1-9,14H,10-11H2,(H,17,18,20). The third-order valence-electron chi connectivity index (χ3n) is 3.41. The summed E-state index contributed by atoms with van der Waals surface area (Å²) in [5.74, 6) is 0.860. The van der Waals surface area contributed by atoms with Crippen LogP contribution in [0.2, 0.25) is 0 Å². The molecular formula is C16H15N3O2S. The third kappa shape index (κ3) is 3.12. The van der Waals surface area contributed by atoms with Crippen molar-refractivity contribution in [2.75, 3.05) is 16.9 Å². The van der Waals surface area contributed by atoms with E-state index in [2.05, 4.69) is 10.3 Å². The van der Waals surface area contributed by atoms with Crippen molar-refractivity contribution in [3.8, 4) is 0 Å². The number of hydrogen-bond acceptors (Lipinski definition) is 4. The van der Waals surface area contributed by atoms with Crippen LogP contribution in [0, 0.1) is 0 Å². The Bertz CT molecular complexity index is 664. The molecule has 1 saturated heterocycles. The number of nitrogens with one attached hydrogen (secondary N) is 1. The molecule has 0 radical (unpaired) electrons. The Balaban J connectivity index is 1.73. The predicted molar refractivity (Wildman–Crippen MR) is 86.6 cm³/mol. The second-order valence-corrected chi connectivity index (χ2v) is 5.88. The van der Waals surface area contributed by atoms with Crippen LogP contribution < -0.4 is 5.32 Å². The molecule has 1 N–H and O–H groups in total. The van der Waals surface area contributed by atoms with Gasteiger partial charge < -0.3 is 10.2 Å². The lowest BCUT2D eigenvalue weighted by Gasteiger charge is -2.23. The fourth-order valence-electron chi connectivity index (χ4n) is 2.27. The number of thioether (sulfide) groups is 1. The smallest absolute Gasteiger partial charge is 0.255 e. The van der Waals surface area contributed by atoms with Crippen molar-refractivity contribution in [3.05, 3.63) is 60.4 Å². The number of carbonyl (C=O) groups is 2. The first kappa shape index (κ1) is 14.6. The molecule has 0 saturated carbocycles. The minimum Gasteiger partial charge on any atom is -0.324 e. The van der Waals surface area contributed by atoms with Gasteiger partial charge in [-0.25, -0.2) is 0 Å². The first-order valence-corrected chi connectivity index (χ1v) is 8.06. The van der Waals surface area contributed by atoms with Gasteiger partial charge in [0.15, 0.2) is 0 Å². The van der Waals surface area contributed by atoms with E-state index in [-0.39, 0.29) is 11.8 Å². The van der Waals surface area contributed by atoms with Crippen LogP contribution in [0.5, 0.6) is 0 Å². The summed E-state index contributed by atoms with van der Waals surface area (Å²) in [6.45, 7) is 0. The molecule has 6 heteroatoms. The molecule has 1 aliphatic heterocycles. The Morgan fingerprint density at radius 1 is 1.14 bits per heavy atom. The van der Waals surface area contributed by atoms with Gasteiger partial charge in [0.05, 0.1) is 5.88 Å². The van der Waals surface area contributed by atoms with Crippen molar-refractivity contribution in [2.24, 2.45) is 0 Å². The fraction of sp³-hybridized carbons (Fsp3) is 0.188. The van der Waals surface area contributed by atoms with E-state index in [4.69, 9.17) is 0 Å². The second-order valence-electron chi connectivity index (χ2n) is 4.88. The van der Waals surface area contributed by atoms with Gasteiger partial charge in [0, 0.05) is 29.4 Å². The van der Waals surface area contributed by atoms with Gasteiger partial charge >= 0.3 is 0 Å². The Morgan fingerprint density at radius 3 is 2.59 bits per heavy atom. The number of nitrogens with zero attached hydrogens (tertiary/aromatic N) is 2. The number of benzene rings is 1. The quantitative estimate of drug-likeness (QED) is 0.944. The molecule has 22 heavy (non-hydrogen) atoms. The lowest BCUT2D eigenvalue weighted by atomic mass is 10.1. The molecule has 0 spiro atoms. The predicted octanol–water partition coefficient (Wildman–Crippen LogP) is 2.24. The fourth-order valence-corrected chi connectivity index (χ4v) is 3.42. The number of hydrogen-bond donors (Lipinski definition) is 1. The number of aromatic nitrogens is 1. The van der Waals surface area contributed by atoms with Crippen molar-refractivity contribution in [3.63, 3.8) is 0 Å². The van der Waals surface area contributed by atoms with Crippen LogP contribution in [0.3, 0.4) is 0 Å². The van der Waals surface area contributed by atoms with Gasteiger partial charge in [-0.05, 0) is 24.3 Å². The Hall–Kier alpha value is -2.34. The van der Waals surface area contributed by atoms with Gasteiger partial charge in [-0.3, -0.25) is 14.6 Å². The van der Waals surface area contributed by atoms with E-state index in [1.54, 1.807) is 53.3 Å². The molecule has 1 aromatic carbocycles. The average molecular weight is 313 g/mol. The maximum atomic E-state index is 12.5. The van der Waals surface area contributed by atoms with Crippen LogP contribution >= 0.6 is 11.8 Å². The highest BCUT2D eigenvalue weighted by atomic mass is 32.2. The first-order chi connectivity index (χ1) is 10.8. The summed E-state index contributed by atoms with van der Waals surface area (Å²) in [5, 5.41) is 2.83. The van der Waals surface area contributed by atoms with Gasteiger partial charge in [0.2, 0.25) is 5.91 Å². The Labute approximate surface area is 132 Å². The highest BCUT2D eigenvalue weighted by Gasteiger charge is 2.35. The van der Waals surface area contributed by atoms with Crippen LogP contribution in [0.25, 0.3) is 0 Å². The molecule has 2 heterocycles. The summed E-state index contributed by atoms with van der Waals surface area (Å²) in [7, 11) is 0. The summed E-state index contributed by atoms with van der Waals surface area (Å²) in [5.41, 5.74) is 1.29. The molecular weight excluding hydrogens is 298 g/mol. The summed E-state index contributed by atoms with van der Waals surface area (Å²) < 4.78 is 0. The number of rotatable bonds is 3. The number of carbonyl (C=O) groups excluding carboxylic acids is 2. The van der Waals surface area contributed by atoms with E-state index in [9.17, 15) is 9.59 Å². The minimum atomic E-state index is -0.453. The largest absolute Gasteiger partial charge is 0.324 e. The van der Waals surface area contributed by atoms with Crippen molar-refractivity contribution in [1.29, 1.82) is 0 Å². The topological polar surface area (TPSA) is 62.3 Å². The van der Waals surface area contributed by atoms with Crippen LogP contribution in [0.15, 0.2) is 54.9 Å². The molecule has 1 aromatic heterocycles. The molecule has 1 aliphatic rings. The highest BCUT2D eigenvalue weighted by Crippen LogP contribution is 2.24. The SMILES string of the molecule is O=C(Nc1ccncc1)C1CSCN1C(=O)c1ccccc1. The molecule has 2 amide bonds. The normalized spacial score (nSPS) is 17.3. The molecule has 1 unspecified atom stereocenters. The van der Waals surface area contributed by atoms with Gasteiger partial charge in [0.1, 0.15) is 6.04 Å². The Morgan fingerprint density at radius 2 is 1.86 bits per heavy atom. The second kappa shape index (κ2) is 6.62. The van der Waals surface area contributed by atoms with Crippen LogP contribution in [-0.4, -0.2) is 39.4 Å². The zero-order valence-corrected chi connectivity index (χ0v) is 12.6. The maximum Gasteiger partial charge on any atom is 0.255 e. The number of anilines is 1. The lowest BCUT2D eigenvalue weighted by Crippen LogP contribution is -2.44.